The lowest BCUT2D eigenvalue weighted by atomic mass is 10.0. The van der Waals surface area contributed by atoms with E-state index in [2.05, 4.69) is 0 Å². The van der Waals surface area contributed by atoms with Crippen LogP contribution in [0.1, 0.15) is 30.4 Å². The molecule has 0 heterocycles. The summed E-state index contributed by atoms with van der Waals surface area (Å²) in [5.41, 5.74) is 1.65. The van der Waals surface area contributed by atoms with Gasteiger partial charge in [0.15, 0.2) is 0 Å². The van der Waals surface area contributed by atoms with Crippen LogP contribution in [0.4, 0.5) is 0 Å². The summed E-state index contributed by atoms with van der Waals surface area (Å²) in [5, 5.41) is 18.4. The van der Waals surface area contributed by atoms with Crippen molar-refractivity contribution in [3.05, 3.63) is 35.4 Å². The molecule has 0 aliphatic heterocycles. The highest BCUT2D eigenvalue weighted by Crippen LogP contribution is 2.38. The fourth-order valence-electron chi connectivity index (χ4n) is 1.85. The molecule has 0 bridgehead atoms. The molecule has 0 atom stereocenters. The summed E-state index contributed by atoms with van der Waals surface area (Å²) in [4.78, 5) is 10.5. The number of carbonyl (C=O) groups is 1. The van der Waals surface area contributed by atoms with Gasteiger partial charge < -0.3 is 10.2 Å². The van der Waals surface area contributed by atoms with Crippen LogP contribution in [0.25, 0.3) is 0 Å². The summed E-state index contributed by atoms with van der Waals surface area (Å²) in [7, 11) is 0. The van der Waals surface area contributed by atoms with Crippen molar-refractivity contribution in [2.75, 3.05) is 0 Å². The predicted octanol–water partition coefficient (Wildman–Crippen LogP) is 1.77. The van der Waals surface area contributed by atoms with Crippen molar-refractivity contribution in [3.63, 3.8) is 0 Å². The maximum Gasteiger partial charge on any atom is 0.303 e. The summed E-state index contributed by atoms with van der Waals surface area (Å²) in [6.07, 6.45) is 3.17. The average Bonchev–Trinajstić information content (AvgIpc) is 2.93. The van der Waals surface area contributed by atoms with Crippen molar-refractivity contribution in [2.45, 2.75) is 37.7 Å². The monoisotopic (exact) mass is 220 g/mol. The van der Waals surface area contributed by atoms with Crippen LogP contribution in [-0.2, 0) is 17.6 Å². The minimum Gasteiger partial charge on any atom is -0.481 e. The van der Waals surface area contributed by atoms with Crippen molar-refractivity contribution in [2.24, 2.45) is 0 Å². The number of benzene rings is 1. The molecule has 1 aromatic carbocycles. The summed E-state index contributed by atoms with van der Waals surface area (Å²) in [6.45, 7) is 0. The first-order chi connectivity index (χ1) is 7.57. The van der Waals surface area contributed by atoms with Crippen LogP contribution in [0.5, 0.6) is 0 Å². The van der Waals surface area contributed by atoms with Crippen LogP contribution >= 0.6 is 0 Å². The van der Waals surface area contributed by atoms with E-state index in [-0.39, 0.29) is 6.42 Å². The lowest BCUT2D eigenvalue weighted by Crippen LogP contribution is -2.10. The highest BCUT2D eigenvalue weighted by Gasteiger charge is 2.39. The zero-order valence-electron chi connectivity index (χ0n) is 9.15. The maximum absolute atomic E-state index is 10.5. The summed E-state index contributed by atoms with van der Waals surface area (Å²) >= 11 is 0. The fourth-order valence-corrected chi connectivity index (χ4v) is 1.85. The Balaban J connectivity index is 1.98. The van der Waals surface area contributed by atoms with Gasteiger partial charge in [0.05, 0.1) is 5.60 Å². The Labute approximate surface area is 94.7 Å². The van der Waals surface area contributed by atoms with E-state index in [9.17, 15) is 9.90 Å². The number of hydrogen-bond donors (Lipinski definition) is 2. The summed E-state index contributed by atoms with van der Waals surface area (Å²) in [6, 6.07) is 7.85. The van der Waals surface area contributed by atoms with Crippen LogP contribution in [0.2, 0.25) is 0 Å². The van der Waals surface area contributed by atoms with Gasteiger partial charge in [0, 0.05) is 12.8 Å². The fraction of sp³-hybridized carbons (Fsp3) is 0.462. The molecule has 2 rings (SSSR count). The van der Waals surface area contributed by atoms with Crippen molar-refractivity contribution in [1.29, 1.82) is 0 Å². The molecule has 0 radical (unpaired) electrons. The van der Waals surface area contributed by atoms with E-state index >= 15 is 0 Å². The van der Waals surface area contributed by atoms with Gasteiger partial charge in [0.1, 0.15) is 0 Å². The van der Waals surface area contributed by atoms with Gasteiger partial charge in [-0.2, -0.15) is 0 Å². The number of rotatable bonds is 5. The van der Waals surface area contributed by atoms with Crippen molar-refractivity contribution < 1.29 is 15.0 Å². The normalized spacial score (nSPS) is 17.1. The molecule has 1 fully saturated rings. The van der Waals surface area contributed by atoms with Gasteiger partial charge in [-0.25, -0.2) is 0 Å². The molecule has 0 amide bonds. The summed E-state index contributed by atoms with van der Waals surface area (Å²) < 4.78 is 0. The van der Waals surface area contributed by atoms with Gasteiger partial charge >= 0.3 is 5.97 Å². The average molecular weight is 220 g/mol. The number of aliphatic hydroxyl groups is 1. The standard InChI is InChI=1S/C13H16O3/c14-12(15)5-4-10-2-1-3-11(8-10)9-13(16)6-7-13/h1-3,8,16H,4-7,9H2,(H,14,15). The predicted molar refractivity (Wildman–Crippen MR) is 60.3 cm³/mol. The topological polar surface area (TPSA) is 57.5 Å². The number of carboxylic acids is 1. The maximum atomic E-state index is 10.5. The third-order valence-corrected chi connectivity index (χ3v) is 2.98. The van der Waals surface area contributed by atoms with Gasteiger partial charge in [-0.05, 0) is 30.4 Å². The molecule has 0 aromatic heterocycles. The van der Waals surface area contributed by atoms with Crippen LogP contribution < -0.4 is 0 Å². The highest BCUT2D eigenvalue weighted by atomic mass is 16.4. The van der Waals surface area contributed by atoms with Crippen LogP contribution in [-0.4, -0.2) is 21.8 Å². The SMILES string of the molecule is O=C(O)CCc1cccc(CC2(O)CC2)c1. The van der Waals surface area contributed by atoms with E-state index < -0.39 is 11.6 Å². The molecule has 1 aliphatic rings. The second-order valence-corrected chi connectivity index (χ2v) is 4.61. The van der Waals surface area contributed by atoms with E-state index in [0.29, 0.717) is 12.8 Å². The minimum atomic E-state index is -0.772. The Morgan fingerprint density at radius 2 is 2.00 bits per heavy atom. The molecular formula is C13H16O3. The Morgan fingerprint density at radius 1 is 1.31 bits per heavy atom. The van der Waals surface area contributed by atoms with Gasteiger partial charge in [-0.15, -0.1) is 0 Å². The number of aryl methyl sites for hydroxylation is 1. The van der Waals surface area contributed by atoms with Crippen molar-refractivity contribution in [1.82, 2.24) is 0 Å². The lowest BCUT2D eigenvalue weighted by Gasteiger charge is -2.08. The quantitative estimate of drug-likeness (QED) is 0.795. The van der Waals surface area contributed by atoms with E-state index in [4.69, 9.17) is 5.11 Å². The van der Waals surface area contributed by atoms with Gasteiger partial charge in [-0.1, -0.05) is 24.3 Å². The Kier molecular flexibility index (Phi) is 2.97. The van der Waals surface area contributed by atoms with Crippen LogP contribution in [0, 0.1) is 0 Å². The molecule has 1 saturated carbocycles. The van der Waals surface area contributed by atoms with Crippen LogP contribution in [0.15, 0.2) is 24.3 Å². The number of carboxylic acid groups (broad SMARTS) is 1. The smallest absolute Gasteiger partial charge is 0.303 e. The Morgan fingerprint density at radius 3 is 2.62 bits per heavy atom. The zero-order valence-corrected chi connectivity index (χ0v) is 9.15. The molecule has 3 nitrogen and oxygen atoms in total. The zero-order chi connectivity index (χ0) is 11.6. The largest absolute Gasteiger partial charge is 0.481 e. The first kappa shape index (κ1) is 11.1. The molecule has 0 spiro atoms. The van der Waals surface area contributed by atoms with Crippen molar-refractivity contribution >= 4 is 5.97 Å². The third kappa shape index (κ3) is 3.07. The van der Waals surface area contributed by atoms with Crippen LogP contribution in [0.3, 0.4) is 0 Å². The summed E-state index contributed by atoms with van der Waals surface area (Å²) in [5.74, 6) is -0.772. The second kappa shape index (κ2) is 4.26. The van der Waals surface area contributed by atoms with Gasteiger partial charge in [0.25, 0.3) is 0 Å². The molecule has 86 valence electrons. The van der Waals surface area contributed by atoms with E-state index in [1.165, 1.54) is 0 Å². The molecule has 2 N–H and O–H groups in total. The van der Waals surface area contributed by atoms with E-state index in [1.807, 2.05) is 24.3 Å². The molecule has 0 saturated heterocycles. The first-order valence-corrected chi connectivity index (χ1v) is 5.59. The Hall–Kier alpha value is -1.35. The molecule has 1 aromatic rings. The minimum absolute atomic E-state index is 0.160. The molecule has 16 heavy (non-hydrogen) atoms. The van der Waals surface area contributed by atoms with E-state index in [0.717, 1.165) is 24.0 Å². The molecule has 0 unspecified atom stereocenters. The highest BCUT2D eigenvalue weighted by molar-refractivity contribution is 5.67. The van der Waals surface area contributed by atoms with E-state index in [1.54, 1.807) is 0 Å². The lowest BCUT2D eigenvalue weighted by molar-refractivity contribution is -0.136. The first-order valence-electron chi connectivity index (χ1n) is 5.59. The molecule has 3 heteroatoms. The van der Waals surface area contributed by atoms with Gasteiger partial charge in [-0.3, -0.25) is 4.79 Å². The Bertz CT molecular complexity index is 394. The van der Waals surface area contributed by atoms with Crippen molar-refractivity contribution in [3.8, 4) is 0 Å². The second-order valence-electron chi connectivity index (χ2n) is 4.61. The molecular weight excluding hydrogens is 204 g/mol. The third-order valence-electron chi connectivity index (χ3n) is 2.98. The number of hydrogen-bond acceptors (Lipinski definition) is 2. The van der Waals surface area contributed by atoms with Gasteiger partial charge in [0.2, 0.25) is 0 Å². The number of aliphatic carboxylic acids is 1. The molecule has 1 aliphatic carbocycles.